The normalized spacial score (nSPS) is 10.6. The van der Waals surface area contributed by atoms with Crippen LogP contribution in [0.3, 0.4) is 0 Å². The van der Waals surface area contributed by atoms with Crippen molar-refractivity contribution in [1.29, 1.82) is 0 Å². The molecule has 0 bridgehead atoms. The summed E-state index contributed by atoms with van der Waals surface area (Å²) in [5, 5.41) is 3.56. The summed E-state index contributed by atoms with van der Waals surface area (Å²) in [6, 6.07) is 15.4. The number of hydrogen-bond acceptors (Lipinski definition) is 6. The quantitative estimate of drug-likeness (QED) is 0.474. The molecule has 7 nitrogen and oxygen atoms in total. The number of ether oxygens (including phenoxy) is 1. The molecule has 29 heavy (non-hydrogen) atoms. The number of hydrogen-bond donors (Lipinski definition) is 1. The molecule has 1 heterocycles. The van der Waals surface area contributed by atoms with Crippen LogP contribution in [0.15, 0.2) is 68.7 Å². The molecule has 0 aliphatic rings. The van der Waals surface area contributed by atoms with E-state index in [1.54, 1.807) is 24.3 Å². The second kappa shape index (κ2) is 9.29. The number of carbonyl (C=O) groups excluding carboxylic acids is 2. The highest BCUT2D eigenvalue weighted by Crippen LogP contribution is 2.24. The average molecular weight is 412 g/mol. The maximum absolute atomic E-state index is 12.3. The lowest BCUT2D eigenvalue weighted by molar-refractivity contribution is -0.135. The fraction of sp³-hybridized carbons (Fsp3) is 0.190. The molecule has 8 heteroatoms. The molecule has 0 fully saturated rings. The van der Waals surface area contributed by atoms with Crippen LogP contribution in [0.2, 0.25) is 0 Å². The van der Waals surface area contributed by atoms with Crippen LogP contribution in [0.25, 0.3) is 11.0 Å². The van der Waals surface area contributed by atoms with Gasteiger partial charge < -0.3 is 19.4 Å². The first-order valence-corrected chi connectivity index (χ1v) is 10.0. The summed E-state index contributed by atoms with van der Waals surface area (Å²) in [5.74, 6) is -0.255. The van der Waals surface area contributed by atoms with E-state index in [2.05, 4.69) is 5.32 Å². The zero-order valence-corrected chi connectivity index (χ0v) is 16.8. The van der Waals surface area contributed by atoms with Crippen LogP contribution in [0.4, 0.5) is 5.69 Å². The predicted octanol–water partition coefficient (Wildman–Crippen LogP) is 2.99. The number of nitrogens with zero attached hydrogens (tertiary/aromatic N) is 1. The molecule has 0 spiro atoms. The lowest BCUT2D eigenvalue weighted by Crippen LogP contribution is -2.37. The van der Waals surface area contributed by atoms with Gasteiger partial charge in [0, 0.05) is 29.5 Å². The number of carbonyl (C=O) groups is 2. The van der Waals surface area contributed by atoms with E-state index >= 15 is 0 Å². The molecule has 1 N–H and O–H groups in total. The summed E-state index contributed by atoms with van der Waals surface area (Å²) in [5.41, 5.74) is 0.627. The number of rotatable bonds is 7. The minimum Gasteiger partial charge on any atom is -0.484 e. The molecule has 1 aromatic heterocycles. The molecule has 0 unspecified atom stereocenters. The molecule has 150 valence electrons. The lowest BCUT2D eigenvalue weighted by atomic mass is 10.2. The highest BCUT2D eigenvalue weighted by Gasteiger charge is 2.15. The van der Waals surface area contributed by atoms with E-state index in [0.717, 1.165) is 10.3 Å². The highest BCUT2D eigenvalue weighted by molar-refractivity contribution is 7.98. The summed E-state index contributed by atoms with van der Waals surface area (Å²) in [6.45, 7) is -0.342. The van der Waals surface area contributed by atoms with E-state index in [9.17, 15) is 14.4 Å². The fourth-order valence-corrected chi connectivity index (χ4v) is 3.18. The van der Waals surface area contributed by atoms with Gasteiger partial charge in [0.1, 0.15) is 11.3 Å². The fourth-order valence-electron chi connectivity index (χ4n) is 2.63. The van der Waals surface area contributed by atoms with Gasteiger partial charge in [-0.3, -0.25) is 9.59 Å². The van der Waals surface area contributed by atoms with E-state index < -0.39 is 5.63 Å². The van der Waals surface area contributed by atoms with Gasteiger partial charge in [0.25, 0.3) is 5.91 Å². The number of benzene rings is 2. The predicted molar refractivity (Wildman–Crippen MR) is 112 cm³/mol. The van der Waals surface area contributed by atoms with Crippen molar-refractivity contribution in [2.75, 3.05) is 31.8 Å². The Balaban J connectivity index is 1.55. The molecule has 0 saturated heterocycles. The topological polar surface area (TPSA) is 88.9 Å². The summed E-state index contributed by atoms with van der Waals surface area (Å²) >= 11 is 1.53. The minimum absolute atomic E-state index is 0.0997. The van der Waals surface area contributed by atoms with Crippen LogP contribution in [0.5, 0.6) is 5.75 Å². The highest BCUT2D eigenvalue weighted by atomic mass is 32.2. The van der Waals surface area contributed by atoms with E-state index in [4.69, 9.17) is 9.15 Å². The number of fused-ring (bicyclic) bond motifs is 1. The molecule has 0 saturated carbocycles. The van der Waals surface area contributed by atoms with Crippen molar-refractivity contribution in [1.82, 2.24) is 4.90 Å². The molecule has 2 aromatic carbocycles. The number of likely N-dealkylation sites (N-methyl/N-ethyl adjacent to an activating group) is 1. The van der Waals surface area contributed by atoms with Gasteiger partial charge in [0.05, 0.1) is 12.2 Å². The molecule has 0 aliphatic heterocycles. The second-order valence-corrected chi connectivity index (χ2v) is 7.09. The first kappa shape index (κ1) is 20.5. The van der Waals surface area contributed by atoms with Gasteiger partial charge in [0.15, 0.2) is 6.61 Å². The van der Waals surface area contributed by atoms with E-state index in [-0.39, 0.29) is 25.0 Å². The molecular weight excluding hydrogens is 392 g/mol. The minimum atomic E-state index is -0.459. The Labute approximate surface area is 171 Å². The molecular formula is C21H20N2O5S. The smallest absolute Gasteiger partial charge is 0.336 e. The van der Waals surface area contributed by atoms with Crippen LogP contribution in [-0.4, -0.2) is 43.2 Å². The largest absolute Gasteiger partial charge is 0.484 e. The third kappa shape index (κ3) is 5.39. The van der Waals surface area contributed by atoms with Crippen molar-refractivity contribution in [3.63, 3.8) is 0 Å². The van der Waals surface area contributed by atoms with E-state index in [0.29, 0.717) is 17.0 Å². The lowest BCUT2D eigenvalue weighted by Gasteiger charge is -2.18. The van der Waals surface area contributed by atoms with Crippen molar-refractivity contribution < 1.29 is 18.7 Å². The van der Waals surface area contributed by atoms with Gasteiger partial charge in [-0.1, -0.05) is 12.1 Å². The third-order valence-electron chi connectivity index (χ3n) is 4.14. The van der Waals surface area contributed by atoms with Gasteiger partial charge in [-0.25, -0.2) is 4.79 Å². The summed E-state index contributed by atoms with van der Waals surface area (Å²) in [7, 11) is 1.53. The van der Waals surface area contributed by atoms with E-state index in [1.807, 2.05) is 30.5 Å². The maximum atomic E-state index is 12.3. The van der Waals surface area contributed by atoms with Crippen LogP contribution in [-0.2, 0) is 9.59 Å². The standard InChI is InChI=1S/C21H20N2O5S/c1-23(12-19(24)22-16-5-3-4-6-18(16)29-2)20(25)13-27-15-9-7-14-8-10-21(26)28-17(14)11-15/h3-11H,12-13H2,1-2H3,(H,22,24). The Morgan fingerprint density at radius 1 is 1.14 bits per heavy atom. The number of amides is 2. The Morgan fingerprint density at radius 3 is 2.69 bits per heavy atom. The third-order valence-corrected chi connectivity index (χ3v) is 4.94. The Bertz CT molecular complexity index is 1100. The van der Waals surface area contributed by atoms with Crippen LogP contribution in [0.1, 0.15) is 0 Å². The Kier molecular flexibility index (Phi) is 6.56. The first-order chi connectivity index (χ1) is 14.0. The van der Waals surface area contributed by atoms with Crippen molar-refractivity contribution in [3.8, 4) is 5.75 Å². The summed E-state index contributed by atoms with van der Waals surface area (Å²) < 4.78 is 10.6. The monoisotopic (exact) mass is 412 g/mol. The molecule has 3 rings (SSSR count). The SMILES string of the molecule is CSc1ccccc1NC(=O)CN(C)C(=O)COc1ccc2ccc(=O)oc2c1. The van der Waals surface area contributed by atoms with Gasteiger partial charge in [-0.2, -0.15) is 0 Å². The summed E-state index contributed by atoms with van der Waals surface area (Å²) in [4.78, 5) is 38.1. The number of nitrogens with one attached hydrogen (secondary N) is 1. The Morgan fingerprint density at radius 2 is 1.90 bits per heavy atom. The summed E-state index contributed by atoms with van der Waals surface area (Å²) in [6.07, 6.45) is 1.93. The van der Waals surface area contributed by atoms with Crippen molar-refractivity contribution in [2.24, 2.45) is 0 Å². The number of thioether (sulfide) groups is 1. The van der Waals surface area contributed by atoms with Crippen molar-refractivity contribution >= 4 is 40.2 Å². The second-order valence-electron chi connectivity index (χ2n) is 6.24. The average Bonchev–Trinajstić information content (AvgIpc) is 2.71. The molecule has 0 aliphatic carbocycles. The Hall–Kier alpha value is -3.26. The zero-order valence-electron chi connectivity index (χ0n) is 16.0. The van der Waals surface area contributed by atoms with Gasteiger partial charge in [-0.05, 0) is 36.6 Å². The van der Waals surface area contributed by atoms with Crippen LogP contribution >= 0.6 is 11.8 Å². The van der Waals surface area contributed by atoms with Crippen molar-refractivity contribution in [2.45, 2.75) is 4.90 Å². The van der Waals surface area contributed by atoms with Crippen LogP contribution < -0.4 is 15.7 Å². The molecule has 3 aromatic rings. The molecule has 0 atom stereocenters. The zero-order chi connectivity index (χ0) is 20.8. The van der Waals surface area contributed by atoms with E-state index in [1.165, 1.54) is 29.8 Å². The molecule has 2 amide bonds. The number of anilines is 1. The van der Waals surface area contributed by atoms with Gasteiger partial charge in [0.2, 0.25) is 5.91 Å². The van der Waals surface area contributed by atoms with Crippen molar-refractivity contribution in [3.05, 3.63) is 65.0 Å². The van der Waals surface area contributed by atoms with Crippen LogP contribution in [0, 0.1) is 0 Å². The first-order valence-electron chi connectivity index (χ1n) is 8.80. The molecule has 0 radical (unpaired) electrons. The van der Waals surface area contributed by atoms with Gasteiger partial charge >= 0.3 is 5.63 Å². The maximum Gasteiger partial charge on any atom is 0.336 e. The number of para-hydroxylation sites is 1. The van der Waals surface area contributed by atoms with Gasteiger partial charge in [-0.15, -0.1) is 11.8 Å².